The molecule has 21 heavy (non-hydrogen) atoms. The Kier molecular flexibility index (Phi) is 6.20. The third kappa shape index (κ3) is 4.76. The summed E-state index contributed by atoms with van der Waals surface area (Å²) in [6.07, 6.45) is 6.53. The highest BCUT2D eigenvalue weighted by Gasteiger charge is 2.40. The van der Waals surface area contributed by atoms with Crippen LogP contribution in [0.5, 0.6) is 0 Å². The van der Waals surface area contributed by atoms with Crippen LogP contribution in [0.2, 0.25) is 0 Å². The van der Waals surface area contributed by atoms with E-state index in [9.17, 15) is 5.11 Å². The molecule has 122 valence electrons. The number of methoxy groups -OCH3 is 1. The van der Waals surface area contributed by atoms with Crippen molar-refractivity contribution in [3.63, 3.8) is 0 Å². The summed E-state index contributed by atoms with van der Waals surface area (Å²) in [5.41, 5.74) is 0. The lowest BCUT2D eigenvalue weighted by molar-refractivity contribution is -0.0619. The van der Waals surface area contributed by atoms with Crippen molar-refractivity contribution < 1.29 is 24.4 Å². The Labute approximate surface area is 126 Å². The number of epoxide rings is 1. The number of hydrogen-bond donors (Lipinski definition) is 2. The first-order valence-electron chi connectivity index (χ1n) is 7.84. The fraction of sp³-hybridized carbons (Fsp3) is 0.875. The van der Waals surface area contributed by atoms with E-state index >= 15 is 0 Å². The SMILES string of the molecule is CO[C@@H](C[C@@H]1CC=C[C@@H](C[C@H]2O[C@@H]2CO)O1)[C@@H](C)C(C)O. The molecule has 1 saturated heterocycles. The highest BCUT2D eigenvalue weighted by molar-refractivity contribution is 5.00. The van der Waals surface area contributed by atoms with Crippen molar-refractivity contribution >= 4 is 0 Å². The minimum Gasteiger partial charge on any atom is -0.394 e. The Morgan fingerprint density at radius 1 is 1.29 bits per heavy atom. The quantitative estimate of drug-likeness (QED) is 0.522. The predicted molar refractivity (Wildman–Crippen MR) is 79.0 cm³/mol. The summed E-state index contributed by atoms with van der Waals surface area (Å²) >= 11 is 0. The molecule has 2 rings (SSSR count). The molecule has 0 aromatic carbocycles. The van der Waals surface area contributed by atoms with Crippen LogP contribution in [0.1, 0.15) is 33.1 Å². The summed E-state index contributed by atoms with van der Waals surface area (Å²) in [6, 6.07) is 0. The molecule has 2 aliphatic rings. The molecule has 0 spiro atoms. The van der Waals surface area contributed by atoms with E-state index in [0.29, 0.717) is 0 Å². The molecule has 0 saturated carbocycles. The van der Waals surface area contributed by atoms with Gasteiger partial charge in [-0.2, -0.15) is 0 Å². The molecule has 2 N–H and O–H groups in total. The van der Waals surface area contributed by atoms with Gasteiger partial charge >= 0.3 is 0 Å². The van der Waals surface area contributed by atoms with Crippen molar-refractivity contribution in [2.45, 2.75) is 69.7 Å². The van der Waals surface area contributed by atoms with Crippen LogP contribution in [-0.2, 0) is 14.2 Å². The maximum Gasteiger partial charge on any atom is 0.107 e. The smallest absolute Gasteiger partial charge is 0.107 e. The summed E-state index contributed by atoms with van der Waals surface area (Å²) in [4.78, 5) is 0. The van der Waals surface area contributed by atoms with Gasteiger partial charge in [0.1, 0.15) is 6.10 Å². The highest BCUT2D eigenvalue weighted by Crippen LogP contribution is 2.30. The summed E-state index contributed by atoms with van der Waals surface area (Å²) < 4.78 is 17.0. The minimum absolute atomic E-state index is 0.00971. The Bertz CT molecular complexity index is 344. The van der Waals surface area contributed by atoms with E-state index in [1.54, 1.807) is 14.0 Å². The van der Waals surface area contributed by atoms with Gasteiger partial charge in [-0.15, -0.1) is 0 Å². The second-order valence-electron chi connectivity index (χ2n) is 6.20. The molecule has 1 fully saturated rings. The van der Waals surface area contributed by atoms with Gasteiger partial charge in [0, 0.05) is 25.9 Å². The molecule has 0 bridgehead atoms. The third-order valence-corrected chi connectivity index (χ3v) is 4.59. The average Bonchev–Trinajstić information content (AvgIpc) is 3.22. The lowest BCUT2D eigenvalue weighted by Crippen LogP contribution is -2.35. The topological polar surface area (TPSA) is 71.5 Å². The molecular formula is C16H28O5. The van der Waals surface area contributed by atoms with Gasteiger partial charge in [-0.05, 0) is 13.3 Å². The normalized spacial score (nSPS) is 36.2. The second kappa shape index (κ2) is 7.70. The van der Waals surface area contributed by atoms with E-state index < -0.39 is 6.10 Å². The van der Waals surface area contributed by atoms with Gasteiger partial charge in [-0.1, -0.05) is 19.1 Å². The number of aliphatic hydroxyl groups is 2. The first-order chi connectivity index (χ1) is 10.0. The molecule has 2 heterocycles. The zero-order valence-corrected chi connectivity index (χ0v) is 13.1. The van der Waals surface area contributed by atoms with Gasteiger partial charge in [-0.25, -0.2) is 0 Å². The molecule has 0 amide bonds. The third-order valence-electron chi connectivity index (χ3n) is 4.59. The standard InChI is InChI=1S/C16H28O5/c1-10(11(2)18)14(19-3)7-12-5-4-6-13(20-12)8-15-16(9-17)21-15/h4,6,10-18H,5,7-9H2,1-3H3/t10-,11?,12-,13-,14-,15+,16+/m0/s1. The second-order valence-corrected chi connectivity index (χ2v) is 6.20. The Balaban J connectivity index is 1.80. The monoisotopic (exact) mass is 300 g/mol. The van der Waals surface area contributed by atoms with Gasteiger partial charge < -0.3 is 24.4 Å². The fourth-order valence-electron chi connectivity index (χ4n) is 2.89. The van der Waals surface area contributed by atoms with Crippen LogP contribution in [0.15, 0.2) is 12.2 Å². The van der Waals surface area contributed by atoms with Crippen LogP contribution in [0.4, 0.5) is 0 Å². The molecule has 0 aromatic heterocycles. The summed E-state index contributed by atoms with van der Waals surface area (Å²) in [7, 11) is 1.68. The number of aliphatic hydroxyl groups excluding tert-OH is 2. The van der Waals surface area contributed by atoms with Crippen molar-refractivity contribution in [3.8, 4) is 0 Å². The summed E-state index contributed by atoms with van der Waals surface area (Å²) in [6.45, 7) is 3.88. The van der Waals surface area contributed by atoms with Gasteiger partial charge in [0.05, 0.1) is 37.1 Å². The zero-order chi connectivity index (χ0) is 15.4. The van der Waals surface area contributed by atoms with Crippen LogP contribution >= 0.6 is 0 Å². The van der Waals surface area contributed by atoms with Crippen molar-refractivity contribution in [1.82, 2.24) is 0 Å². The van der Waals surface area contributed by atoms with E-state index in [1.165, 1.54) is 0 Å². The number of hydrogen-bond acceptors (Lipinski definition) is 5. The molecular weight excluding hydrogens is 272 g/mol. The van der Waals surface area contributed by atoms with Crippen molar-refractivity contribution in [3.05, 3.63) is 12.2 Å². The van der Waals surface area contributed by atoms with Crippen LogP contribution in [0, 0.1) is 5.92 Å². The lowest BCUT2D eigenvalue weighted by Gasteiger charge is -2.31. The Morgan fingerprint density at radius 3 is 2.62 bits per heavy atom. The van der Waals surface area contributed by atoms with Gasteiger partial charge in [-0.3, -0.25) is 0 Å². The van der Waals surface area contributed by atoms with Gasteiger partial charge in [0.25, 0.3) is 0 Å². The molecule has 0 aromatic rings. The van der Waals surface area contributed by atoms with E-state index in [0.717, 1.165) is 19.3 Å². The van der Waals surface area contributed by atoms with E-state index in [2.05, 4.69) is 12.2 Å². The zero-order valence-electron chi connectivity index (χ0n) is 13.1. The molecule has 0 aliphatic carbocycles. The Hall–Kier alpha value is -0.460. The van der Waals surface area contributed by atoms with Gasteiger partial charge in [0.15, 0.2) is 0 Å². The maximum atomic E-state index is 9.71. The molecule has 2 aliphatic heterocycles. The molecule has 0 radical (unpaired) electrons. The number of ether oxygens (including phenoxy) is 3. The lowest BCUT2D eigenvalue weighted by atomic mass is 9.92. The van der Waals surface area contributed by atoms with Crippen LogP contribution in [0.3, 0.4) is 0 Å². The molecule has 5 heteroatoms. The van der Waals surface area contributed by atoms with E-state index in [-0.39, 0.29) is 43.0 Å². The van der Waals surface area contributed by atoms with Crippen molar-refractivity contribution in [1.29, 1.82) is 0 Å². The van der Waals surface area contributed by atoms with Crippen molar-refractivity contribution in [2.75, 3.05) is 13.7 Å². The van der Waals surface area contributed by atoms with Crippen LogP contribution in [0.25, 0.3) is 0 Å². The Morgan fingerprint density at radius 2 is 2.05 bits per heavy atom. The largest absolute Gasteiger partial charge is 0.394 e. The molecule has 7 atom stereocenters. The van der Waals surface area contributed by atoms with E-state index in [4.69, 9.17) is 19.3 Å². The molecule has 5 nitrogen and oxygen atoms in total. The summed E-state index contributed by atoms with van der Waals surface area (Å²) in [5.74, 6) is 0.0773. The van der Waals surface area contributed by atoms with Gasteiger partial charge in [0.2, 0.25) is 0 Å². The highest BCUT2D eigenvalue weighted by atomic mass is 16.6. The minimum atomic E-state index is -0.393. The van der Waals surface area contributed by atoms with Crippen LogP contribution in [-0.4, -0.2) is 60.6 Å². The first-order valence-corrected chi connectivity index (χ1v) is 7.84. The maximum absolute atomic E-state index is 9.71. The fourth-order valence-corrected chi connectivity index (χ4v) is 2.89. The predicted octanol–water partition coefficient (Wildman–Crippen LogP) is 1.27. The summed E-state index contributed by atoms with van der Waals surface area (Å²) in [5, 5.41) is 18.7. The number of rotatable bonds is 8. The van der Waals surface area contributed by atoms with Crippen LogP contribution < -0.4 is 0 Å². The van der Waals surface area contributed by atoms with Crippen molar-refractivity contribution in [2.24, 2.45) is 5.92 Å². The molecule has 1 unspecified atom stereocenters. The first kappa shape index (κ1) is 16.9. The average molecular weight is 300 g/mol. The van der Waals surface area contributed by atoms with E-state index in [1.807, 2.05) is 6.92 Å².